The first-order valence-corrected chi connectivity index (χ1v) is 7.54. The molecule has 0 spiro atoms. The molecule has 0 saturated heterocycles. The predicted octanol–water partition coefficient (Wildman–Crippen LogP) is 4.10. The Kier molecular flexibility index (Phi) is 8.23. The van der Waals surface area contributed by atoms with Gasteiger partial charge in [-0.2, -0.15) is 0 Å². The van der Waals surface area contributed by atoms with Crippen molar-refractivity contribution in [3.63, 3.8) is 0 Å². The third-order valence-corrected chi connectivity index (χ3v) is 3.46. The van der Waals surface area contributed by atoms with Gasteiger partial charge in [-0.05, 0) is 19.0 Å². The molecule has 1 aromatic heterocycles. The SMILES string of the molecule is CCCCCCCC(NCC)c1ccncc1OC. The molecule has 0 aliphatic carbocycles. The van der Waals surface area contributed by atoms with Crippen molar-refractivity contribution in [2.45, 2.75) is 58.4 Å². The lowest BCUT2D eigenvalue weighted by Crippen LogP contribution is -2.21. The molecule has 0 aliphatic heterocycles. The Bertz CT molecular complexity index is 341. The molecule has 1 atom stereocenters. The Morgan fingerprint density at radius 1 is 1.21 bits per heavy atom. The summed E-state index contributed by atoms with van der Waals surface area (Å²) in [6.07, 6.45) is 11.4. The minimum Gasteiger partial charge on any atom is -0.495 e. The molecule has 3 nitrogen and oxygen atoms in total. The second kappa shape index (κ2) is 9.79. The summed E-state index contributed by atoms with van der Waals surface area (Å²) >= 11 is 0. The van der Waals surface area contributed by atoms with Crippen LogP contribution in [0.5, 0.6) is 5.75 Å². The lowest BCUT2D eigenvalue weighted by atomic mass is 10.00. The van der Waals surface area contributed by atoms with Gasteiger partial charge in [-0.3, -0.25) is 4.98 Å². The molecule has 0 fully saturated rings. The average Bonchev–Trinajstić information content (AvgIpc) is 2.46. The summed E-state index contributed by atoms with van der Waals surface area (Å²) in [6, 6.07) is 2.45. The van der Waals surface area contributed by atoms with Gasteiger partial charge in [0.25, 0.3) is 0 Å². The van der Waals surface area contributed by atoms with Crippen LogP contribution in [0.15, 0.2) is 18.5 Å². The van der Waals surface area contributed by atoms with E-state index in [2.05, 4.69) is 30.2 Å². The Morgan fingerprint density at radius 2 is 2.00 bits per heavy atom. The van der Waals surface area contributed by atoms with Crippen LogP contribution < -0.4 is 10.1 Å². The van der Waals surface area contributed by atoms with Gasteiger partial charge >= 0.3 is 0 Å². The van der Waals surface area contributed by atoms with Crippen LogP contribution in [0.2, 0.25) is 0 Å². The molecular formula is C16H28N2O. The molecule has 0 bridgehead atoms. The van der Waals surface area contributed by atoms with Crippen LogP contribution in [-0.2, 0) is 0 Å². The van der Waals surface area contributed by atoms with E-state index in [0.717, 1.165) is 18.7 Å². The molecule has 108 valence electrons. The lowest BCUT2D eigenvalue weighted by molar-refractivity contribution is 0.391. The molecule has 1 aromatic rings. The minimum atomic E-state index is 0.379. The molecule has 19 heavy (non-hydrogen) atoms. The van der Waals surface area contributed by atoms with Gasteiger partial charge in [0.15, 0.2) is 0 Å². The number of hydrogen-bond donors (Lipinski definition) is 1. The van der Waals surface area contributed by atoms with Gasteiger partial charge in [0.05, 0.1) is 13.3 Å². The third-order valence-electron chi connectivity index (χ3n) is 3.46. The van der Waals surface area contributed by atoms with E-state index in [4.69, 9.17) is 4.74 Å². The number of ether oxygens (including phenoxy) is 1. The van der Waals surface area contributed by atoms with Crippen LogP contribution in [0.25, 0.3) is 0 Å². The molecule has 0 amide bonds. The van der Waals surface area contributed by atoms with Gasteiger partial charge in [0, 0.05) is 17.8 Å². The van der Waals surface area contributed by atoms with Crippen LogP contribution in [0, 0.1) is 0 Å². The van der Waals surface area contributed by atoms with Crippen molar-refractivity contribution in [1.29, 1.82) is 0 Å². The summed E-state index contributed by atoms with van der Waals surface area (Å²) < 4.78 is 5.41. The summed E-state index contributed by atoms with van der Waals surface area (Å²) in [6.45, 7) is 5.38. The fraction of sp³-hybridized carbons (Fsp3) is 0.688. The number of nitrogens with zero attached hydrogens (tertiary/aromatic N) is 1. The first kappa shape index (κ1) is 16.0. The summed E-state index contributed by atoms with van der Waals surface area (Å²) in [4.78, 5) is 4.13. The highest BCUT2D eigenvalue weighted by Gasteiger charge is 2.14. The van der Waals surface area contributed by atoms with Gasteiger partial charge in [-0.1, -0.05) is 46.0 Å². The first-order chi connectivity index (χ1) is 9.33. The molecular weight excluding hydrogens is 236 g/mol. The molecule has 0 radical (unpaired) electrons. The summed E-state index contributed by atoms with van der Waals surface area (Å²) in [5, 5.41) is 3.56. The lowest BCUT2D eigenvalue weighted by Gasteiger charge is -2.20. The minimum absolute atomic E-state index is 0.379. The number of rotatable bonds is 10. The van der Waals surface area contributed by atoms with E-state index in [1.807, 2.05) is 6.20 Å². The van der Waals surface area contributed by atoms with Crippen molar-refractivity contribution in [3.8, 4) is 5.75 Å². The monoisotopic (exact) mass is 264 g/mol. The van der Waals surface area contributed by atoms with Gasteiger partial charge in [-0.15, -0.1) is 0 Å². The molecule has 1 unspecified atom stereocenters. The van der Waals surface area contributed by atoms with Crippen molar-refractivity contribution in [3.05, 3.63) is 24.0 Å². The maximum absolute atomic E-state index is 5.41. The number of unbranched alkanes of at least 4 members (excludes halogenated alkanes) is 4. The van der Waals surface area contributed by atoms with E-state index in [1.54, 1.807) is 13.3 Å². The molecule has 0 saturated carbocycles. The molecule has 0 aromatic carbocycles. The van der Waals surface area contributed by atoms with Crippen LogP contribution in [0.4, 0.5) is 0 Å². The Hall–Kier alpha value is -1.09. The second-order valence-corrected chi connectivity index (χ2v) is 4.93. The quantitative estimate of drug-likeness (QED) is 0.646. The summed E-state index contributed by atoms with van der Waals surface area (Å²) in [5.41, 5.74) is 1.23. The van der Waals surface area contributed by atoms with Gasteiger partial charge in [0.2, 0.25) is 0 Å². The molecule has 1 heterocycles. The molecule has 1 rings (SSSR count). The fourth-order valence-corrected chi connectivity index (χ4v) is 2.42. The average molecular weight is 264 g/mol. The maximum Gasteiger partial charge on any atom is 0.141 e. The number of aromatic nitrogens is 1. The Balaban J connectivity index is 2.55. The zero-order chi connectivity index (χ0) is 13.9. The van der Waals surface area contributed by atoms with E-state index in [-0.39, 0.29) is 0 Å². The van der Waals surface area contributed by atoms with Crippen LogP contribution in [0.1, 0.15) is 64.0 Å². The fourth-order valence-electron chi connectivity index (χ4n) is 2.42. The molecule has 3 heteroatoms. The summed E-state index contributed by atoms with van der Waals surface area (Å²) in [7, 11) is 1.71. The van der Waals surface area contributed by atoms with Crippen molar-refractivity contribution >= 4 is 0 Å². The smallest absolute Gasteiger partial charge is 0.141 e. The van der Waals surface area contributed by atoms with E-state index >= 15 is 0 Å². The normalized spacial score (nSPS) is 12.4. The van der Waals surface area contributed by atoms with Crippen LogP contribution in [0.3, 0.4) is 0 Å². The van der Waals surface area contributed by atoms with Gasteiger partial charge < -0.3 is 10.1 Å². The number of methoxy groups -OCH3 is 1. The van der Waals surface area contributed by atoms with E-state index in [9.17, 15) is 0 Å². The third kappa shape index (κ3) is 5.60. The highest BCUT2D eigenvalue weighted by molar-refractivity contribution is 5.32. The summed E-state index contributed by atoms with van der Waals surface area (Å²) in [5.74, 6) is 0.891. The zero-order valence-electron chi connectivity index (χ0n) is 12.6. The Labute approximate surface area is 117 Å². The Morgan fingerprint density at radius 3 is 2.68 bits per heavy atom. The molecule has 0 aliphatic rings. The topological polar surface area (TPSA) is 34.2 Å². The molecule has 1 N–H and O–H groups in total. The highest BCUT2D eigenvalue weighted by atomic mass is 16.5. The van der Waals surface area contributed by atoms with E-state index in [1.165, 1.54) is 37.7 Å². The van der Waals surface area contributed by atoms with Crippen molar-refractivity contribution in [2.24, 2.45) is 0 Å². The van der Waals surface area contributed by atoms with Crippen molar-refractivity contribution in [2.75, 3.05) is 13.7 Å². The van der Waals surface area contributed by atoms with Crippen molar-refractivity contribution < 1.29 is 4.74 Å². The largest absolute Gasteiger partial charge is 0.495 e. The van der Waals surface area contributed by atoms with E-state index < -0.39 is 0 Å². The second-order valence-electron chi connectivity index (χ2n) is 4.93. The number of nitrogens with one attached hydrogen (secondary N) is 1. The number of hydrogen-bond acceptors (Lipinski definition) is 3. The van der Waals surface area contributed by atoms with E-state index in [0.29, 0.717) is 6.04 Å². The maximum atomic E-state index is 5.41. The van der Waals surface area contributed by atoms with Gasteiger partial charge in [-0.25, -0.2) is 0 Å². The van der Waals surface area contributed by atoms with Crippen molar-refractivity contribution in [1.82, 2.24) is 10.3 Å². The standard InChI is InChI=1S/C16H28N2O/c1-4-6-7-8-9-10-15(18-5-2)14-11-12-17-13-16(14)19-3/h11-13,15,18H,4-10H2,1-3H3. The van der Waals surface area contributed by atoms with Crippen LogP contribution in [-0.4, -0.2) is 18.6 Å². The number of pyridine rings is 1. The highest BCUT2D eigenvalue weighted by Crippen LogP contribution is 2.27. The predicted molar refractivity (Wildman–Crippen MR) is 80.6 cm³/mol. The zero-order valence-corrected chi connectivity index (χ0v) is 12.6. The first-order valence-electron chi connectivity index (χ1n) is 7.54. The van der Waals surface area contributed by atoms with Gasteiger partial charge in [0.1, 0.15) is 5.75 Å². The van der Waals surface area contributed by atoms with Crippen LogP contribution >= 0.6 is 0 Å².